The second-order valence-corrected chi connectivity index (χ2v) is 8.14. The molecule has 0 spiro atoms. The summed E-state index contributed by atoms with van der Waals surface area (Å²) in [4.78, 5) is 27.8. The Labute approximate surface area is 201 Å². The van der Waals surface area contributed by atoms with Gasteiger partial charge in [0.2, 0.25) is 0 Å². The number of aliphatic hydroxyl groups is 1. The number of benzene rings is 3. The Kier molecular flexibility index (Phi) is 5.49. The minimum atomic E-state index is -0.967. The molecular formula is C27H22N2O6. The van der Waals surface area contributed by atoms with Crippen molar-refractivity contribution in [1.29, 1.82) is 0 Å². The number of amides is 1. The summed E-state index contributed by atoms with van der Waals surface area (Å²) in [6.45, 7) is 1.69. The maximum atomic E-state index is 13.3. The number of Topliss-reactive ketones (excluding diaryl/α,β-unsaturated/α-hetero) is 1. The van der Waals surface area contributed by atoms with E-state index in [4.69, 9.17) is 14.0 Å². The molecule has 0 aliphatic carbocycles. The van der Waals surface area contributed by atoms with Gasteiger partial charge in [-0.15, -0.1) is 0 Å². The minimum Gasteiger partial charge on any atom is -0.507 e. The fourth-order valence-corrected chi connectivity index (χ4v) is 4.37. The van der Waals surface area contributed by atoms with Gasteiger partial charge in [0.05, 0.1) is 25.8 Å². The van der Waals surface area contributed by atoms with Crippen LogP contribution in [0.2, 0.25) is 0 Å². The molecule has 1 unspecified atom stereocenters. The van der Waals surface area contributed by atoms with E-state index in [1.54, 1.807) is 43.3 Å². The highest BCUT2D eigenvalue weighted by Crippen LogP contribution is 2.44. The molecule has 1 N–H and O–H groups in total. The third kappa shape index (κ3) is 3.69. The third-order valence-electron chi connectivity index (χ3n) is 6.05. The van der Waals surface area contributed by atoms with Gasteiger partial charge in [0.25, 0.3) is 5.78 Å². The van der Waals surface area contributed by atoms with Gasteiger partial charge in [-0.1, -0.05) is 47.6 Å². The number of aromatic nitrogens is 1. The summed E-state index contributed by atoms with van der Waals surface area (Å²) in [5, 5.41) is 17.2. The molecule has 1 saturated heterocycles. The first-order chi connectivity index (χ1) is 16.9. The Morgan fingerprint density at radius 3 is 2.37 bits per heavy atom. The Hall–Kier alpha value is -4.59. The van der Waals surface area contributed by atoms with E-state index >= 15 is 0 Å². The lowest BCUT2D eigenvalue weighted by Crippen LogP contribution is -2.29. The predicted molar refractivity (Wildman–Crippen MR) is 130 cm³/mol. The highest BCUT2D eigenvalue weighted by Gasteiger charge is 2.48. The molecule has 1 aliphatic heterocycles. The van der Waals surface area contributed by atoms with Gasteiger partial charge in [0, 0.05) is 11.6 Å². The fraction of sp³-hybridized carbons (Fsp3) is 0.148. The van der Waals surface area contributed by atoms with Crippen LogP contribution in [0.1, 0.15) is 22.9 Å². The summed E-state index contributed by atoms with van der Waals surface area (Å²) in [5.41, 5.74) is 0.895. The average molecular weight is 470 g/mol. The molecule has 1 aromatic heterocycles. The number of nitrogens with zero attached hydrogens (tertiary/aromatic N) is 2. The third-order valence-corrected chi connectivity index (χ3v) is 6.05. The van der Waals surface area contributed by atoms with Crippen molar-refractivity contribution >= 4 is 34.0 Å². The normalized spacial score (nSPS) is 17.2. The van der Waals surface area contributed by atoms with E-state index in [0.717, 1.165) is 10.8 Å². The first-order valence-corrected chi connectivity index (χ1v) is 10.9. The molecule has 1 atom stereocenters. The molecule has 5 rings (SSSR count). The standard InChI is InChI=1S/C27H22N2O6/c1-15-12-22(28-35-15)29-24(18-10-11-20(33-2)21(14-18)34-3)23(26(31)27(29)32)25(30)19-9-8-16-6-4-5-7-17(16)13-19/h4-14,24,30H,1-3H3/b25-23+. The van der Waals surface area contributed by atoms with Crippen molar-refractivity contribution in [2.24, 2.45) is 0 Å². The number of ketones is 1. The Bertz CT molecular complexity index is 1500. The molecule has 8 heteroatoms. The number of methoxy groups -OCH3 is 2. The number of hydrogen-bond acceptors (Lipinski definition) is 7. The van der Waals surface area contributed by atoms with Gasteiger partial charge >= 0.3 is 5.91 Å². The van der Waals surface area contributed by atoms with E-state index < -0.39 is 17.7 Å². The highest BCUT2D eigenvalue weighted by molar-refractivity contribution is 6.51. The number of carbonyl (C=O) groups is 2. The predicted octanol–water partition coefficient (Wildman–Crippen LogP) is 4.78. The zero-order valence-corrected chi connectivity index (χ0v) is 19.3. The number of ether oxygens (including phenoxy) is 2. The number of rotatable bonds is 5. The van der Waals surface area contributed by atoms with Crippen molar-refractivity contribution in [3.63, 3.8) is 0 Å². The van der Waals surface area contributed by atoms with Gasteiger partial charge in [-0.2, -0.15) is 0 Å². The van der Waals surface area contributed by atoms with E-state index in [1.807, 2.05) is 30.3 Å². The zero-order valence-electron chi connectivity index (χ0n) is 19.3. The molecule has 0 saturated carbocycles. The number of hydrogen-bond donors (Lipinski definition) is 1. The van der Waals surface area contributed by atoms with Crippen LogP contribution in [0.3, 0.4) is 0 Å². The molecule has 1 fully saturated rings. The molecule has 1 aliphatic rings. The summed E-state index contributed by atoms with van der Waals surface area (Å²) >= 11 is 0. The topological polar surface area (TPSA) is 102 Å². The van der Waals surface area contributed by atoms with Gasteiger partial charge in [0.15, 0.2) is 17.3 Å². The van der Waals surface area contributed by atoms with Crippen molar-refractivity contribution < 1.29 is 28.7 Å². The number of aryl methyl sites for hydroxylation is 1. The Morgan fingerprint density at radius 1 is 0.943 bits per heavy atom. The highest BCUT2D eigenvalue weighted by atomic mass is 16.5. The van der Waals surface area contributed by atoms with Crippen LogP contribution < -0.4 is 14.4 Å². The van der Waals surface area contributed by atoms with Crippen molar-refractivity contribution in [1.82, 2.24) is 5.16 Å². The van der Waals surface area contributed by atoms with Crippen LogP contribution in [-0.2, 0) is 9.59 Å². The van der Waals surface area contributed by atoms with Gasteiger partial charge in [-0.25, -0.2) is 0 Å². The Balaban J connectivity index is 1.74. The van der Waals surface area contributed by atoms with Crippen LogP contribution in [0.15, 0.2) is 76.8 Å². The van der Waals surface area contributed by atoms with Crippen molar-refractivity contribution in [3.05, 3.63) is 89.2 Å². The first-order valence-electron chi connectivity index (χ1n) is 10.9. The lowest BCUT2D eigenvalue weighted by molar-refractivity contribution is -0.132. The number of fused-ring (bicyclic) bond motifs is 1. The maximum absolute atomic E-state index is 13.3. The fourth-order valence-electron chi connectivity index (χ4n) is 4.37. The summed E-state index contributed by atoms with van der Waals surface area (Å²) < 4.78 is 15.9. The quantitative estimate of drug-likeness (QED) is 0.254. The molecular weight excluding hydrogens is 448 g/mol. The smallest absolute Gasteiger partial charge is 0.301 e. The molecule has 176 valence electrons. The van der Waals surface area contributed by atoms with Crippen molar-refractivity contribution in [2.75, 3.05) is 19.1 Å². The minimum absolute atomic E-state index is 0.0573. The molecule has 0 radical (unpaired) electrons. The summed E-state index contributed by atoms with van der Waals surface area (Å²) in [5.74, 6) is -0.379. The zero-order chi connectivity index (χ0) is 24.7. The van der Waals surface area contributed by atoms with Crippen LogP contribution in [-0.4, -0.2) is 36.2 Å². The van der Waals surface area contributed by atoms with Gasteiger partial charge < -0.3 is 19.1 Å². The molecule has 8 nitrogen and oxygen atoms in total. The molecule has 0 bridgehead atoms. The number of carbonyl (C=O) groups excluding carboxylic acids is 2. The number of aliphatic hydroxyl groups excluding tert-OH is 1. The molecule has 2 heterocycles. The molecule has 35 heavy (non-hydrogen) atoms. The monoisotopic (exact) mass is 470 g/mol. The van der Waals surface area contributed by atoms with Crippen LogP contribution in [0.4, 0.5) is 5.82 Å². The van der Waals surface area contributed by atoms with E-state index in [9.17, 15) is 14.7 Å². The lowest BCUT2D eigenvalue weighted by Gasteiger charge is -2.23. The molecule has 1 amide bonds. The second kappa shape index (κ2) is 8.64. The van der Waals surface area contributed by atoms with E-state index in [2.05, 4.69) is 5.16 Å². The average Bonchev–Trinajstić information content (AvgIpc) is 3.42. The molecule has 3 aromatic carbocycles. The second-order valence-electron chi connectivity index (χ2n) is 8.14. The van der Waals surface area contributed by atoms with Crippen LogP contribution in [0.5, 0.6) is 11.5 Å². The summed E-state index contributed by atoms with van der Waals surface area (Å²) in [6.07, 6.45) is 0. The van der Waals surface area contributed by atoms with Crippen molar-refractivity contribution in [3.8, 4) is 11.5 Å². The largest absolute Gasteiger partial charge is 0.507 e. The maximum Gasteiger partial charge on any atom is 0.301 e. The van der Waals surface area contributed by atoms with Crippen LogP contribution in [0, 0.1) is 6.92 Å². The van der Waals surface area contributed by atoms with Gasteiger partial charge in [-0.3, -0.25) is 14.5 Å². The van der Waals surface area contributed by atoms with E-state index in [0.29, 0.717) is 28.4 Å². The number of anilines is 1. The van der Waals surface area contributed by atoms with Gasteiger partial charge in [0.1, 0.15) is 11.5 Å². The summed E-state index contributed by atoms with van der Waals surface area (Å²) in [7, 11) is 3.01. The molecule has 4 aromatic rings. The van der Waals surface area contributed by atoms with E-state index in [1.165, 1.54) is 19.1 Å². The van der Waals surface area contributed by atoms with Gasteiger partial charge in [-0.05, 0) is 41.5 Å². The van der Waals surface area contributed by atoms with Crippen LogP contribution in [0.25, 0.3) is 16.5 Å². The lowest BCUT2D eigenvalue weighted by atomic mass is 9.94. The summed E-state index contributed by atoms with van der Waals surface area (Å²) in [6, 6.07) is 18.7. The SMILES string of the molecule is COc1ccc(C2/C(=C(\O)c3ccc4ccccc4c3)C(=O)C(=O)N2c2cc(C)on2)cc1OC. The first kappa shape index (κ1) is 22.2. The van der Waals surface area contributed by atoms with Crippen LogP contribution >= 0.6 is 0 Å². The van der Waals surface area contributed by atoms with E-state index in [-0.39, 0.29) is 17.2 Å². The van der Waals surface area contributed by atoms with Crippen molar-refractivity contribution in [2.45, 2.75) is 13.0 Å². The Morgan fingerprint density at radius 2 is 1.69 bits per heavy atom.